The normalized spacial score (nSPS) is 10.7. The number of carbonyl (C=O) groups is 1. The van der Waals surface area contributed by atoms with E-state index < -0.39 is 5.97 Å². The van der Waals surface area contributed by atoms with E-state index in [1.165, 1.54) is 5.56 Å². The third-order valence-corrected chi connectivity index (χ3v) is 2.91. The van der Waals surface area contributed by atoms with E-state index in [4.69, 9.17) is 9.84 Å². The van der Waals surface area contributed by atoms with Crippen molar-refractivity contribution in [1.82, 2.24) is 4.90 Å². The molecule has 0 fully saturated rings. The Morgan fingerprint density at radius 3 is 2.79 bits per heavy atom. The number of aryl methyl sites for hydroxylation is 1. The zero-order chi connectivity index (χ0) is 14.1. The average Bonchev–Trinajstić information content (AvgIpc) is 2.34. The maximum absolute atomic E-state index is 10.4. The number of benzene rings is 1. The summed E-state index contributed by atoms with van der Waals surface area (Å²) in [5.74, 6) is 0.185. The Hall–Kier alpha value is -1.55. The number of unbranched alkanes of at least 4 members (excludes halogenated alkanes) is 1. The summed E-state index contributed by atoms with van der Waals surface area (Å²) in [5, 5.41) is 8.53. The lowest BCUT2D eigenvalue weighted by molar-refractivity contribution is -0.137. The van der Waals surface area contributed by atoms with Crippen molar-refractivity contribution in [1.29, 1.82) is 0 Å². The van der Waals surface area contributed by atoms with Gasteiger partial charge in [0, 0.05) is 13.0 Å². The van der Waals surface area contributed by atoms with Gasteiger partial charge < -0.3 is 14.7 Å². The Bertz CT molecular complexity index is 393. The predicted octanol–water partition coefficient (Wildman–Crippen LogP) is 2.56. The van der Waals surface area contributed by atoms with Crippen molar-refractivity contribution in [3.63, 3.8) is 0 Å². The van der Waals surface area contributed by atoms with Crippen LogP contribution in [-0.4, -0.2) is 42.7 Å². The molecule has 1 rings (SSSR count). The first-order valence-corrected chi connectivity index (χ1v) is 6.68. The van der Waals surface area contributed by atoms with E-state index in [9.17, 15) is 4.79 Å². The van der Waals surface area contributed by atoms with Gasteiger partial charge in [0.25, 0.3) is 0 Å². The maximum atomic E-state index is 10.4. The van der Waals surface area contributed by atoms with Crippen LogP contribution in [0.2, 0.25) is 0 Å². The molecular weight excluding hydrogens is 242 g/mol. The monoisotopic (exact) mass is 265 g/mol. The van der Waals surface area contributed by atoms with E-state index >= 15 is 0 Å². The quantitative estimate of drug-likeness (QED) is 0.697. The van der Waals surface area contributed by atoms with Gasteiger partial charge in [0.1, 0.15) is 12.4 Å². The molecule has 0 unspecified atom stereocenters. The second kappa shape index (κ2) is 8.53. The van der Waals surface area contributed by atoms with E-state index in [2.05, 4.69) is 4.90 Å². The number of rotatable bonds is 9. The van der Waals surface area contributed by atoms with Gasteiger partial charge in [-0.1, -0.05) is 12.1 Å². The minimum absolute atomic E-state index is 0.258. The van der Waals surface area contributed by atoms with Crippen LogP contribution in [0.1, 0.15) is 24.8 Å². The third-order valence-electron chi connectivity index (χ3n) is 2.91. The molecule has 0 aliphatic rings. The molecule has 1 aromatic carbocycles. The highest BCUT2D eigenvalue weighted by atomic mass is 16.5. The van der Waals surface area contributed by atoms with Crippen molar-refractivity contribution in [2.45, 2.75) is 26.2 Å². The molecule has 0 heterocycles. The molecule has 0 aliphatic heterocycles. The minimum atomic E-state index is -0.717. The van der Waals surface area contributed by atoms with Crippen molar-refractivity contribution in [3.8, 4) is 5.75 Å². The van der Waals surface area contributed by atoms with E-state index in [0.29, 0.717) is 6.61 Å². The Labute approximate surface area is 115 Å². The summed E-state index contributed by atoms with van der Waals surface area (Å²) in [4.78, 5) is 12.5. The Morgan fingerprint density at radius 2 is 2.11 bits per heavy atom. The Kier molecular flexibility index (Phi) is 6.97. The van der Waals surface area contributed by atoms with E-state index in [1.807, 2.05) is 38.2 Å². The highest BCUT2D eigenvalue weighted by Crippen LogP contribution is 2.12. The van der Waals surface area contributed by atoms with E-state index in [0.717, 1.165) is 31.7 Å². The highest BCUT2D eigenvalue weighted by molar-refractivity contribution is 5.66. The predicted molar refractivity (Wildman–Crippen MR) is 75.7 cm³/mol. The lowest BCUT2D eigenvalue weighted by Gasteiger charge is -2.16. The highest BCUT2D eigenvalue weighted by Gasteiger charge is 2.01. The van der Waals surface area contributed by atoms with Crippen LogP contribution in [0.4, 0.5) is 0 Å². The van der Waals surface area contributed by atoms with Crippen LogP contribution >= 0.6 is 0 Å². The number of hydrogen-bond donors (Lipinski definition) is 1. The SMILES string of the molecule is Cc1cccc(OCCN(C)CCCCC(=O)O)c1. The molecule has 0 spiro atoms. The molecule has 106 valence electrons. The van der Waals surface area contributed by atoms with Gasteiger partial charge in [-0.05, 0) is 51.1 Å². The topological polar surface area (TPSA) is 49.8 Å². The van der Waals surface area contributed by atoms with Gasteiger partial charge in [-0.15, -0.1) is 0 Å². The lowest BCUT2D eigenvalue weighted by Crippen LogP contribution is -2.25. The molecule has 0 aliphatic carbocycles. The molecule has 0 radical (unpaired) electrons. The average molecular weight is 265 g/mol. The van der Waals surface area contributed by atoms with Gasteiger partial charge in [0.15, 0.2) is 0 Å². The molecule has 4 heteroatoms. The molecule has 19 heavy (non-hydrogen) atoms. The van der Waals surface area contributed by atoms with Gasteiger partial charge in [-0.2, -0.15) is 0 Å². The van der Waals surface area contributed by atoms with Gasteiger partial charge in [0.05, 0.1) is 0 Å². The fraction of sp³-hybridized carbons (Fsp3) is 0.533. The Balaban J connectivity index is 2.10. The number of likely N-dealkylation sites (N-methyl/N-ethyl adjacent to an activating group) is 1. The Morgan fingerprint density at radius 1 is 1.32 bits per heavy atom. The van der Waals surface area contributed by atoms with Crippen molar-refractivity contribution in [2.75, 3.05) is 26.7 Å². The van der Waals surface area contributed by atoms with Crippen LogP contribution in [0, 0.1) is 6.92 Å². The van der Waals surface area contributed by atoms with Crippen LogP contribution < -0.4 is 4.74 Å². The molecule has 0 aromatic heterocycles. The van der Waals surface area contributed by atoms with Gasteiger partial charge in [-0.3, -0.25) is 4.79 Å². The minimum Gasteiger partial charge on any atom is -0.492 e. The van der Waals surface area contributed by atoms with Crippen LogP contribution in [-0.2, 0) is 4.79 Å². The van der Waals surface area contributed by atoms with Crippen LogP contribution in [0.5, 0.6) is 5.75 Å². The summed E-state index contributed by atoms with van der Waals surface area (Å²) < 4.78 is 5.67. The van der Waals surface area contributed by atoms with Gasteiger partial charge >= 0.3 is 5.97 Å². The van der Waals surface area contributed by atoms with Crippen LogP contribution in [0.3, 0.4) is 0 Å². The number of carboxylic acid groups (broad SMARTS) is 1. The summed E-state index contributed by atoms with van der Waals surface area (Å²) >= 11 is 0. The molecule has 0 saturated heterocycles. The van der Waals surface area contributed by atoms with E-state index in [-0.39, 0.29) is 6.42 Å². The summed E-state index contributed by atoms with van der Waals surface area (Å²) in [6.45, 7) is 4.45. The number of nitrogens with zero attached hydrogens (tertiary/aromatic N) is 1. The molecule has 0 saturated carbocycles. The number of carboxylic acids is 1. The first-order valence-electron chi connectivity index (χ1n) is 6.68. The zero-order valence-electron chi connectivity index (χ0n) is 11.8. The number of ether oxygens (including phenoxy) is 1. The van der Waals surface area contributed by atoms with Gasteiger partial charge in [0.2, 0.25) is 0 Å². The fourth-order valence-electron chi connectivity index (χ4n) is 1.79. The molecule has 0 atom stereocenters. The second-order valence-electron chi connectivity index (χ2n) is 4.82. The summed E-state index contributed by atoms with van der Waals surface area (Å²) in [6, 6.07) is 8.01. The summed E-state index contributed by atoms with van der Waals surface area (Å²) in [6.07, 6.45) is 1.90. The molecule has 4 nitrogen and oxygen atoms in total. The maximum Gasteiger partial charge on any atom is 0.303 e. The first kappa shape index (κ1) is 15.5. The number of aliphatic carboxylic acids is 1. The summed E-state index contributed by atoms with van der Waals surface area (Å²) in [7, 11) is 2.03. The number of hydrogen-bond acceptors (Lipinski definition) is 3. The van der Waals surface area contributed by atoms with Crippen molar-refractivity contribution < 1.29 is 14.6 Å². The largest absolute Gasteiger partial charge is 0.492 e. The summed E-state index contributed by atoms with van der Waals surface area (Å²) in [5.41, 5.74) is 1.19. The van der Waals surface area contributed by atoms with Crippen molar-refractivity contribution in [3.05, 3.63) is 29.8 Å². The molecule has 0 bridgehead atoms. The van der Waals surface area contributed by atoms with Crippen molar-refractivity contribution in [2.24, 2.45) is 0 Å². The zero-order valence-corrected chi connectivity index (χ0v) is 11.8. The van der Waals surface area contributed by atoms with Gasteiger partial charge in [-0.25, -0.2) is 0 Å². The second-order valence-corrected chi connectivity index (χ2v) is 4.82. The first-order chi connectivity index (χ1) is 9.08. The lowest BCUT2D eigenvalue weighted by atomic mass is 10.2. The van der Waals surface area contributed by atoms with E-state index in [1.54, 1.807) is 0 Å². The smallest absolute Gasteiger partial charge is 0.303 e. The van der Waals surface area contributed by atoms with Crippen LogP contribution in [0.15, 0.2) is 24.3 Å². The van der Waals surface area contributed by atoms with Crippen LogP contribution in [0.25, 0.3) is 0 Å². The molecule has 0 amide bonds. The molecule has 1 N–H and O–H groups in total. The standard InChI is InChI=1S/C15H23NO3/c1-13-6-5-7-14(12-13)19-11-10-16(2)9-4-3-8-15(17)18/h5-7,12H,3-4,8-11H2,1-2H3,(H,17,18). The molecular formula is C15H23NO3. The molecule has 1 aromatic rings. The van der Waals surface area contributed by atoms with Crippen molar-refractivity contribution >= 4 is 5.97 Å². The fourth-order valence-corrected chi connectivity index (χ4v) is 1.79. The third kappa shape index (κ3) is 7.47.